The summed E-state index contributed by atoms with van der Waals surface area (Å²) in [5.41, 5.74) is 18.7. The fraction of sp³-hybridized carbons (Fsp3) is 0.261. The molecule has 11 aromatic rings. The summed E-state index contributed by atoms with van der Waals surface area (Å²) in [6.45, 7) is 31.8. The number of nitrogens with zero attached hydrogens (tertiary/aromatic N) is 5. The number of fused-ring (bicyclic) bond motifs is 6. The normalized spacial score (nSPS) is 12.7. The zero-order valence-corrected chi connectivity index (χ0v) is 45.8. The van der Waals surface area contributed by atoms with Crippen molar-refractivity contribution in [2.75, 3.05) is 0 Å². The number of aryl methyl sites for hydroxylation is 2. The molecule has 5 nitrogen and oxygen atoms in total. The smallest absolute Gasteiger partial charge is 0.166 e. The maximum atomic E-state index is 5.68. The number of hydrogen-bond acceptors (Lipinski definition) is 3. The Balaban J connectivity index is 1.25. The molecule has 0 fully saturated rings. The molecule has 3 aromatic heterocycles. The van der Waals surface area contributed by atoms with Crippen LogP contribution in [0.25, 0.3) is 100 Å². The Bertz CT molecular complexity index is 3750. The van der Waals surface area contributed by atoms with E-state index in [1.54, 1.807) is 0 Å². The molecule has 3 heterocycles. The lowest BCUT2D eigenvalue weighted by Crippen LogP contribution is -2.17. The van der Waals surface area contributed by atoms with Gasteiger partial charge in [0.15, 0.2) is 17.5 Å². The van der Waals surface area contributed by atoms with Gasteiger partial charge in [-0.2, -0.15) is 0 Å². The molecule has 0 atom stereocenters. The van der Waals surface area contributed by atoms with Crippen molar-refractivity contribution in [2.24, 2.45) is 0 Å². The third kappa shape index (κ3) is 8.70. The standard InChI is InChI=1S/C69H69N5/c1-42-27-30-60-54(33-42)55-34-43(2)28-31-61(55)73(60)57-24-18-15-21-51(57)44-29-32-62(74-58-25-19-16-22-52(58)53-23-17-20-26-59(53)74)56(39-44)65-71-63(45-35-47(66(3,4)5)40-48(36-45)67(6,7)8)70-64(72-65)46-37-49(68(9,10)11)41-50(38-46)69(12,13)14/h15-41H,1-14H3. The quantitative estimate of drug-likeness (QED) is 0.167. The lowest BCUT2D eigenvalue weighted by molar-refractivity contribution is 0.568. The van der Waals surface area contributed by atoms with E-state index in [0.717, 1.165) is 50.2 Å². The zero-order valence-electron chi connectivity index (χ0n) is 45.8. The molecule has 0 aliphatic carbocycles. The van der Waals surface area contributed by atoms with Gasteiger partial charge in [0.1, 0.15) is 0 Å². The predicted molar refractivity (Wildman–Crippen MR) is 315 cm³/mol. The summed E-state index contributed by atoms with van der Waals surface area (Å²) in [5.74, 6) is 1.91. The molecule has 0 aliphatic rings. The van der Waals surface area contributed by atoms with Crippen molar-refractivity contribution in [3.05, 3.63) is 197 Å². The Hall–Kier alpha value is -7.63. The summed E-state index contributed by atoms with van der Waals surface area (Å²) in [7, 11) is 0. The Labute approximate surface area is 438 Å². The van der Waals surface area contributed by atoms with E-state index in [4.69, 9.17) is 15.0 Å². The molecule has 0 spiro atoms. The highest BCUT2D eigenvalue weighted by Gasteiger charge is 2.27. The van der Waals surface area contributed by atoms with Gasteiger partial charge in [0.2, 0.25) is 0 Å². The van der Waals surface area contributed by atoms with Gasteiger partial charge in [0.25, 0.3) is 0 Å². The molecule has 0 saturated carbocycles. The molecule has 0 amide bonds. The molecule has 0 radical (unpaired) electrons. The second-order valence-electron chi connectivity index (χ2n) is 24.9. The van der Waals surface area contributed by atoms with Crippen LogP contribution in [0.4, 0.5) is 0 Å². The molecule has 0 N–H and O–H groups in total. The van der Waals surface area contributed by atoms with Gasteiger partial charge in [-0.05, 0) is 142 Å². The van der Waals surface area contributed by atoms with Crippen molar-refractivity contribution in [2.45, 2.75) is 119 Å². The molecule has 11 rings (SSSR count). The number of rotatable bonds is 6. The van der Waals surface area contributed by atoms with Crippen LogP contribution in [0.2, 0.25) is 0 Å². The van der Waals surface area contributed by atoms with Crippen LogP contribution in [0, 0.1) is 13.8 Å². The van der Waals surface area contributed by atoms with E-state index in [2.05, 4.69) is 270 Å². The van der Waals surface area contributed by atoms with Crippen molar-refractivity contribution in [3.63, 3.8) is 0 Å². The van der Waals surface area contributed by atoms with E-state index in [9.17, 15) is 0 Å². The highest BCUT2D eigenvalue weighted by Crippen LogP contribution is 2.43. The molecular weight excluding hydrogens is 899 g/mol. The molecule has 0 aliphatic heterocycles. The van der Waals surface area contributed by atoms with Gasteiger partial charge in [0.05, 0.1) is 33.4 Å². The van der Waals surface area contributed by atoms with Crippen molar-refractivity contribution in [1.29, 1.82) is 0 Å². The first kappa shape index (κ1) is 48.6. The summed E-state index contributed by atoms with van der Waals surface area (Å²) >= 11 is 0. The lowest BCUT2D eigenvalue weighted by atomic mass is 9.79. The summed E-state index contributed by atoms with van der Waals surface area (Å²) in [5, 5.41) is 4.89. The first-order chi connectivity index (χ1) is 35.0. The molecule has 0 saturated heterocycles. The Morgan fingerprint density at radius 2 is 0.676 bits per heavy atom. The van der Waals surface area contributed by atoms with Gasteiger partial charge in [-0.15, -0.1) is 0 Å². The maximum absolute atomic E-state index is 5.68. The Morgan fingerprint density at radius 3 is 1.12 bits per heavy atom. The van der Waals surface area contributed by atoms with Crippen LogP contribution in [0.1, 0.15) is 116 Å². The Morgan fingerprint density at radius 1 is 0.297 bits per heavy atom. The number of hydrogen-bond donors (Lipinski definition) is 0. The summed E-state index contributed by atoms with van der Waals surface area (Å²) in [6.07, 6.45) is 0. The predicted octanol–water partition coefficient (Wildman–Crippen LogP) is 18.5. The topological polar surface area (TPSA) is 48.5 Å². The molecular formula is C69H69N5. The van der Waals surface area contributed by atoms with E-state index in [0.29, 0.717) is 17.5 Å². The molecule has 0 unspecified atom stereocenters. The minimum absolute atomic E-state index is 0.114. The maximum Gasteiger partial charge on any atom is 0.166 e. The fourth-order valence-corrected chi connectivity index (χ4v) is 10.7. The van der Waals surface area contributed by atoms with Gasteiger partial charge < -0.3 is 9.13 Å². The zero-order chi connectivity index (χ0) is 52.2. The number of para-hydroxylation sites is 3. The van der Waals surface area contributed by atoms with Crippen molar-refractivity contribution < 1.29 is 0 Å². The van der Waals surface area contributed by atoms with E-state index < -0.39 is 0 Å². The van der Waals surface area contributed by atoms with Gasteiger partial charge in [0, 0.05) is 43.8 Å². The Kier molecular flexibility index (Phi) is 11.5. The largest absolute Gasteiger partial charge is 0.309 e. The summed E-state index contributed by atoms with van der Waals surface area (Å²) < 4.78 is 4.86. The van der Waals surface area contributed by atoms with Crippen LogP contribution in [0.15, 0.2) is 164 Å². The first-order valence-electron chi connectivity index (χ1n) is 26.3. The van der Waals surface area contributed by atoms with E-state index >= 15 is 0 Å². The highest BCUT2D eigenvalue weighted by atomic mass is 15.1. The van der Waals surface area contributed by atoms with Crippen LogP contribution in [-0.2, 0) is 21.7 Å². The van der Waals surface area contributed by atoms with E-state index in [1.807, 2.05) is 0 Å². The van der Waals surface area contributed by atoms with Gasteiger partial charge in [-0.25, -0.2) is 15.0 Å². The second kappa shape index (κ2) is 17.5. The third-order valence-electron chi connectivity index (χ3n) is 15.1. The van der Waals surface area contributed by atoms with Crippen molar-refractivity contribution >= 4 is 43.6 Å². The average molecular weight is 968 g/mol. The number of aromatic nitrogens is 5. The molecule has 370 valence electrons. The molecule has 74 heavy (non-hydrogen) atoms. The second-order valence-corrected chi connectivity index (χ2v) is 24.9. The van der Waals surface area contributed by atoms with Crippen LogP contribution >= 0.6 is 0 Å². The highest BCUT2D eigenvalue weighted by molar-refractivity contribution is 6.11. The van der Waals surface area contributed by atoms with Gasteiger partial charge in [-0.1, -0.05) is 179 Å². The van der Waals surface area contributed by atoms with E-state index in [-0.39, 0.29) is 21.7 Å². The summed E-state index contributed by atoms with van der Waals surface area (Å²) in [6, 6.07) is 60.9. The molecule has 8 aromatic carbocycles. The van der Waals surface area contributed by atoms with Crippen LogP contribution < -0.4 is 0 Å². The minimum atomic E-state index is -0.114. The molecule has 0 bridgehead atoms. The third-order valence-corrected chi connectivity index (χ3v) is 15.1. The first-order valence-corrected chi connectivity index (χ1v) is 26.3. The average Bonchev–Trinajstić information content (AvgIpc) is 3.87. The van der Waals surface area contributed by atoms with Crippen LogP contribution in [0.5, 0.6) is 0 Å². The van der Waals surface area contributed by atoms with Crippen molar-refractivity contribution in [1.82, 2.24) is 24.1 Å². The van der Waals surface area contributed by atoms with Gasteiger partial charge >= 0.3 is 0 Å². The monoisotopic (exact) mass is 968 g/mol. The fourth-order valence-electron chi connectivity index (χ4n) is 10.7. The minimum Gasteiger partial charge on any atom is -0.309 e. The van der Waals surface area contributed by atoms with E-state index in [1.165, 1.54) is 66.0 Å². The SMILES string of the molecule is Cc1ccc2c(c1)c1cc(C)ccc1n2-c1ccccc1-c1ccc(-n2c3ccccc3c3ccccc32)c(-c2nc(-c3cc(C(C)(C)C)cc(C(C)(C)C)c3)nc(-c3cc(C(C)(C)C)cc(C(C)(C)C)c3)n2)c1. The van der Waals surface area contributed by atoms with Crippen LogP contribution in [-0.4, -0.2) is 24.1 Å². The molecule has 5 heteroatoms. The van der Waals surface area contributed by atoms with Crippen LogP contribution in [0.3, 0.4) is 0 Å². The van der Waals surface area contributed by atoms with Crippen molar-refractivity contribution in [3.8, 4) is 56.7 Å². The van der Waals surface area contributed by atoms with Gasteiger partial charge in [-0.3, -0.25) is 0 Å². The summed E-state index contributed by atoms with van der Waals surface area (Å²) in [4.78, 5) is 16.9. The lowest BCUT2D eigenvalue weighted by Gasteiger charge is -2.26. The number of benzene rings is 8.